The molecule has 7 heteroatoms. The number of carbonyl (C=O) groups is 1. The molecule has 0 unspecified atom stereocenters. The molecule has 6 nitrogen and oxygen atoms in total. The molecule has 1 aliphatic carbocycles. The molecule has 1 radical (unpaired) electrons. The zero-order chi connectivity index (χ0) is 18.2. The van der Waals surface area contributed by atoms with Crippen LogP contribution in [0.3, 0.4) is 0 Å². The number of aromatic nitrogens is 2. The molecule has 2 heterocycles. The highest BCUT2D eigenvalue weighted by Gasteiger charge is 2.31. The standard InChI is InChI=1S/C18H22N3O3S/c1-10-6-11(7-13(10)22)21-17-12(8-19-9-20-17)16(23)14-4-5-15(25-14)18(2,3)24/h4-5,8-11,13,22,24H,1,6-7H2,2-3H3,(H,19,20,21)/t10-,11-,13+/m1/s1. The molecule has 133 valence electrons. The van der Waals surface area contributed by atoms with Crippen molar-refractivity contribution in [2.24, 2.45) is 5.92 Å². The molecule has 3 rings (SSSR count). The lowest BCUT2D eigenvalue weighted by atomic mass is 10.1. The summed E-state index contributed by atoms with van der Waals surface area (Å²) in [7, 11) is 0. The van der Waals surface area contributed by atoms with Gasteiger partial charge in [0.1, 0.15) is 12.1 Å². The van der Waals surface area contributed by atoms with E-state index in [1.54, 1.807) is 26.0 Å². The van der Waals surface area contributed by atoms with E-state index in [0.29, 0.717) is 22.7 Å². The van der Waals surface area contributed by atoms with E-state index in [1.807, 2.05) is 0 Å². The Kier molecular flexibility index (Phi) is 4.90. The predicted molar refractivity (Wildman–Crippen MR) is 96.5 cm³/mol. The van der Waals surface area contributed by atoms with Crippen LogP contribution in [0.15, 0.2) is 24.7 Å². The first-order valence-electron chi connectivity index (χ1n) is 8.20. The summed E-state index contributed by atoms with van der Waals surface area (Å²) in [6, 6.07) is 3.49. The minimum absolute atomic E-state index is 0.0224. The van der Waals surface area contributed by atoms with Gasteiger partial charge in [0.05, 0.1) is 22.1 Å². The van der Waals surface area contributed by atoms with Crippen LogP contribution in [-0.4, -0.2) is 38.1 Å². The van der Waals surface area contributed by atoms with Crippen molar-refractivity contribution in [3.05, 3.63) is 46.9 Å². The third-order valence-corrected chi connectivity index (χ3v) is 5.78. The Morgan fingerprint density at radius 1 is 1.40 bits per heavy atom. The van der Waals surface area contributed by atoms with Gasteiger partial charge in [-0.15, -0.1) is 11.3 Å². The second-order valence-corrected chi connectivity index (χ2v) is 8.06. The van der Waals surface area contributed by atoms with Crippen molar-refractivity contribution in [3.8, 4) is 0 Å². The fourth-order valence-corrected chi connectivity index (χ4v) is 3.91. The Morgan fingerprint density at radius 3 is 2.76 bits per heavy atom. The number of ketones is 1. The zero-order valence-corrected chi connectivity index (χ0v) is 15.1. The number of thiophene rings is 1. The molecule has 1 saturated carbocycles. The predicted octanol–water partition coefficient (Wildman–Crippen LogP) is 2.38. The number of nitrogens with one attached hydrogen (secondary N) is 1. The molecule has 3 N–H and O–H groups in total. The average molecular weight is 360 g/mol. The molecular weight excluding hydrogens is 338 g/mol. The number of hydrogen-bond donors (Lipinski definition) is 3. The van der Waals surface area contributed by atoms with E-state index in [-0.39, 0.29) is 17.7 Å². The summed E-state index contributed by atoms with van der Waals surface area (Å²) >= 11 is 1.26. The van der Waals surface area contributed by atoms with Crippen LogP contribution in [-0.2, 0) is 5.60 Å². The molecule has 1 aliphatic rings. The van der Waals surface area contributed by atoms with E-state index in [4.69, 9.17) is 0 Å². The molecule has 3 atom stereocenters. The van der Waals surface area contributed by atoms with Gasteiger partial charge in [0.15, 0.2) is 0 Å². The molecule has 2 aromatic heterocycles. The van der Waals surface area contributed by atoms with Gasteiger partial charge in [0.25, 0.3) is 0 Å². The van der Waals surface area contributed by atoms with Gasteiger partial charge >= 0.3 is 0 Å². The van der Waals surface area contributed by atoms with Crippen LogP contribution in [0.2, 0.25) is 0 Å². The fourth-order valence-electron chi connectivity index (χ4n) is 2.95. The Labute approximate surface area is 151 Å². The smallest absolute Gasteiger partial charge is 0.208 e. The van der Waals surface area contributed by atoms with Gasteiger partial charge in [0, 0.05) is 17.1 Å². The number of aliphatic hydroxyl groups excluding tert-OH is 1. The highest BCUT2D eigenvalue weighted by atomic mass is 32.1. The van der Waals surface area contributed by atoms with Gasteiger partial charge in [-0.3, -0.25) is 4.79 Å². The largest absolute Gasteiger partial charge is 0.393 e. The maximum Gasteiger partial charge on any atom is 0.208 e. The summed E-state index contributed by atoms with van der Waals surface area (Å²) in [4.78, 5) is 22.3. The van der Waals surface area contributed by atoms with Crippen molar-refractivity contribution in [2.45, 2.75) is 44.4 Å². The number of anilines is 1. The van der Waals surface area contributed by atoms with E-state index in [0.717, 1.165) is 11.3 Å². The molecule has 1 fully saturated rings. The Bertz CT molecular complexity index is 759. The minimum atomic E-state index is -0.986. The third kappa shape index (κ3) is 3.89. The van der Waals surface area contributed by atoms with E-state index >= 15 is 0 Å². The van der Waals surface area contributed by atoms with Crippen LogP contribution in [0, 0.1) is 12.8 Å². The minimum Gasteiger partial charge on any atom is -0.393 e. The first-order chi connectivity index (χ1) is 11.8. The van der Waals surface area contributed by atoms with Crippen molar-refractivity contribution in [1.29, 1.82) is 0 Å². The van der Waals surface area contributed by atoms with Crippen LogP contribution in [0.1, 0.15) is 46.8 Å². The SMILES string of the molecule is [CH2][C@@H]1C[C@@H](Nc2ncncc2C(=O)c2ccc(C(C)(C)O)s2)C[C@@H]1O. The number of nitrogens with zero attached hydrogens (tertiary/aromatic N) is 2. The molecule has 0 spiro atoms. The highest BCUT2D eigenvalue weighted by molar-refractivity contribution is 7.14. The fraction of sp³-hybridized carbons (Fsp3) is 0.444. The summed E-state index contributed by atoms with van der Waals surface area (Å²) in [5.41, 5.74) is -0.603. The van der Waals surface area contributed by atoms with Crippen molar-refractivity contribution in [2.75, 3.05) is 5.32 Å². The van der Waals surface area contributed by atoms with Crippen molar-refractivity contribution < 1.29 is 15.0 Å². The molecular formula is C18H22N3O3S. The summed E-state index contributed by atoms with van der Waals surface area (Å²) in [5, 5.41) is 23.2. The van der Waals surface area contributed by atoms with E-state index in [2.05, 4.69) is 22.2 Å². The normalized spacial score (nSPS) is 23.6. The van der Waals surface area contributed by atoms with Crippen LogP contribution >= 0.6 is 11.3 Å². The number of aliphatic hydroxyl groups is 2. The third-order valence-electron chi connectivity index (χ3n) is 4.39. The van der Waals surface area contributed by atoms with Crippen molar-refractivity contribution in [3.63, 3.8) is 0 Å². The first-order valence-corrected chi connectivity index (χ1v) is 9.02. The van der Waals surface area contributed by atoms with Gasteiger partial charge in [-0.2, -0.15) is 0 Å². The Hall–Kier alpha value is -1.83. The van der Waals surface area contributed by atoms with Gasteiger partial charge in [-0.25, -0.2) is 9.97 Å². The monoisotopic (exact) mass is 360 g/mol. The van der Waals surface area contributed by atoms with Crippen molar-refractivity contribution in [1.82, 2.24) is 9.97 Å². The molecule has 25 heavy (non-hydrogen) atoms. The molecule has 0 bridgehead atoms. The lowest BCUT2D eigenvalue weighted by Crippen LogP contribution is -2.20. The van der Waals surface area contributed by atoms with Crippen LogP contribution < -0.4 is 5.32 Å². The molecule has 0 aliphatic heterocycles. The van der Waals surface area contributed by atoms with Crippen LogP contribution in [0.5, 0.6) is 0 Å². The second-order valence-electron chi connectivity index (χ2n) is 6.98. The van der Waals surface area contributed by atoms with Crippen LogP contribution in [0.4, 0.5) is 5.82 Å². The second kappa shape index (κ2) is 6.82. The van der Waals surface area contributed by atoms with Crippen molar-refractivity contribution >= 4 is 22.9 Å². The first kappa shape index (κ1) is 18.0. The number of hydrogen-bond acceptors (Lipinski definition) is 7. The molecule has 0 aromatic carbocycles. The van der Waals surface area contributed by atoms with E-state index < -0.39 is 11.7 Å². The van der Waals surface area contributed by atoms with Gasteiger partial charge in [0.2, 0.25) is 5.78 Å². The lowest BCUT2D eigenvalue weighted by molar-refractivity contribution is 0.0825. The quantitative estimate of drug-likeness (QED) is 0.709. The lowest BCUT2D eigenvalue weighted by Gasteiger charge is -2.15. The Morgan fingerprint density at radius 2 is 2.16 bits per heavy atom. The maximum atomic E-state index is 12.9. The Balaban J connectivity index is 1.83. The highest BCUT2D eigenvalue weighted by Crippen LogP contribution is 2.31. The molecule has 0 amide bonds. The van der Waals surface area contributed by atoms with E-state index in [1.165, 1.54) is 23.9 Å². The van der Waals surface area contributed by atoms with Crippen LogP contribution in [0.25, 0.3) is 0 Å². The van der Waals surface area contributed by atoms with Gasteiger partial charge in [-0.05, 0) is 51.7 Å². The van der Waals surface area contributed by atoms with Gasteiger partial charge < -0.3 is 15.5 Å². The summed E-state index contributed by atoms with van der Waals surface area (Å²) in [5.74, 6) is 0.253. The molecule has 0 saturated heterocycles. The summed E-state index contributed by atoms with van der Waals surface area (Å²) in [6.45, 7) is 7.30. The molecule has 2 aromatic rings. The summed E-state index contributed by atoms with van der Waals surface area (Å²) in [6.07, 6.45) is 3.75. The van der Waals surface area contributed by atoms with Gasteiger partial charge in [-0.1, -0.05) is 0 Å². The van der Waals surface area contributed by atoms with E-state index in [9.17, 15) is 15.0 Å². The summed E-state index contributed by atoms with van der Waals surface area (Å²) < 4.78 is 0. The zero-order valence-electron chi connectivity index (χ0n) is 14.3. The number of rotatable bonds is 5. The number of carbonyl (C=O) groups excluding carboxylic acids is 1. The maximum absolute atomic E-state index is 12.9. The average Bonchev–Trinajstić information content (AvgIpc) is 3.15. The topological polar surface area (TPSA) is 95.3 Å².